The van der Waals surface area contributed by atoms with Crippen LogP contribution in [-0.2, 0) is 4.74 Å². The fraction of sp³-hybridized carbons (Fsp3) is 0.0909. The number of nitrogens with zero attached hydrogens (tertiary/aromatic N) is 2. The molecule has 0 fully saturated rings. The van der Waals surface area contributed by atoms with Crippen LogP contribution in [0.1, 0.15) is 25.7 Å². The highest BCUT2D eigenvalue weighted by Gasteiger charge is 2.19. The van der Waals surface area contributed by atoms with Crippen LogP contribution >= 0.6 is 22.9 Å². The summed E-state index contributed by atoms with van der Waals surface area (Å²) >= 11 is 7.07. The lowest BCUT2D eigenvalue weighted by Crippen LogP contribution is -2.13. The Morgan fingerprint density at radius 3 is 2.53 bits per heavy atom. The van der Waals surface area contributed by atoms with Crippen LogP contribution in [0.25, 0.3) is 22.2 Å². The lowest BCUT2D eigenvalue weighted by atomic mass is 10.0. The zero-order valence-corrected chi connectivity index (χ0v) is 17.7. The number of hydrogen-bond acceptors (Lipinski definition) is 6. The molecule has 4 aromatic rings. The third kappa shape index (κ3) is 3.90. The van der Waals surface area contributed by atoms with Gasteiger partial charge in [-0.3, -0.25) is 10.1 Å². The molecule has 2 aromatic heterocycles. The number of anilines is 1. The second-order valence-corrected chi connectivity index (χ2v) is 7.89. The van der Waals surface area contributed by atoms with Crippen molar-refractivity contribution >= 4 is 50.8 Å². The minimum absolute atomic E-state index is 0.326. The Morgan fingerprint density at radius 1 is 1.07 bits per heavy atom. The van der Waals surface area contributed by atoms with Gasteiger partial charge in [0.25, 0.3) is 5.91 Å². The summed E-state index contributed by atoms with van der Waals surface area (Å²) < 4.78 is 4.75. The summed E-state index contributed by atoms with van der Waals surface area (Å²) in [5.41, 5.74) is 3.15. The number of aryl methyl sites for hydroxylation is 1. The van der Waals surface area contributed by atoms with Crippen LogP contribution in [0, 0.1) is 6.92 Å². The molecule has 0 aliphatic rings. The average Bonchev–Trinajstić information content (AvgIpc) is 3.12. The standard InChI is InChI=1S/C22H16ClN3O3S/c1-12-19(21(28)29-2)30-22(24-12)26-20(27)16-11-18(13-7-9-14(23)10-8-13)25-17-6-4-3-5-15(16)17/h3-11H,1-2H3,(H,24,26,27). The summed E-state index contributed by atoms with van der Waals surface area (Å²) in [5.74, 6) is -0.820. The lowest BCUT2D eigenvalue weighted by molar-refractivity contribution is 0.0605. The molecule has 30 heavy (non-hydrogen) atoms. The molecule has 0 atom stereocenters. The number of pyridine rings is 1. The van der Waals surface area contributed by atoms with Gasteiger partial charge in [0.05, 0.1) is 29.6 Å². The molecule has 6 nitrogen and oxygen atoms in total. The number of carbonyl (C=O) groups excluding carboxylic acids is 2. The quantitative estimate of drug-likeness (QED) is 0.435. The number of nitrogens with one attached hydrogen (secondary N) is 1. The SMILES string of the molecule is COC(=O)c1sc(NC(=O)c2cc(-c3ccc(Cl)cc3)nc3ccccc23)nc1C. The smallest absolute Gasteiger partial charge is 0.350 e. The number of halogens is 1. The van der Waals surface area contributed by atoms with Gasteiger partial charge >= 0.3 is 5.97 Å². The number of carbonyl (C=O) groups is 2. The molecule has 2 heterocycles. The summed E-state index contributed by atoms with van der Waals surface area (Å²) in [7, 11) is 1.31. The molecule has 0 aliphatic heterocycles. The van der Waals surface area contributed by atoms with Crippen LogP contribution < -0.4 is 5.32 Å². The van der Waals surface area contributed by atoms with E-state index in [2.05, 4.69) is 15.3 Å². The van der Waals surface area contributed by atoms with E-state index in [9.17, 15) is 9.59 Å². The largest absolute Gasteiger partial charge is 0.465 e. The molecule has 0 bridgehead atoms. The van der Waals surface area contributed by atoms with Crippen LogP contribution in [0.2, 0.25) is 5.02 Å². The zero-order valence-electron chi connectivity index (χ0n) is 16.1. The maximum Gasteiger partial charge on any atom is 0.350 e. The van der Waals surface area contributed by atoms with Crippen LogP contribution in [0.5, 0.6) is 0 Å². The molecule has 0 aliphatic carbocycles. The van der Waals surface area contributed by atoms with E-state index in [1.165, 1.54) is 7.11 Å². The Hall–Kier alpha value is -3.29. The maximum absolute atomic E-state index is 13.1. The predicted octanol–water partition coefficient (Wildman–Crippen LogP) is 5.36. The van der Waals surface area contributed by atoms with E-state index in [0.717, 1.165) is 16.9 Å². The maximum atomic E-state index is 13.1. The normalized spacial score (nSPS) is 10.8. The summed E-state index contributed by atoms with van der Waals surface area (Å²) in [6, 6.07) is 16.4. The van der Waals surface area contributed by atoms with Crippen molar-refractivity contribution in [1.29, 1.82) is 0 Å². The van der Waals surface area contributed by atoms with Gasteiger partial charge in [0.1, 0.15) is 4.88 Å². The number of hydrogen-bond donors (Lipinski definition) is 1. The van der Waals surface area contributed by atoms with E-state index >= 15 is 0 Å². The Morgan fingerprint density at radius 2 is 1.80 bits per heavy atom. The number of methoxy groups -OCH3 is 1. The van der Waals surface area contributed by atoms with Gasteiger partial charge in [-0.05, 0) is 31.2 Å². The molecule has 0 saturated carbocycles. The van der Waals surface area contributed by atoms with Crippen LogP contribution in [-0.4, -0.2) is 29.0 Å². The molecule has 8 heteroatoms. The number of ether oxygens (including phenoxy) is 1. The van der Waals surface area contributed by atoms with Gasteiger partial charge in [-0.25, -0.2) is 14.8 Å². The van der Waals surface area contributed by atoms with Crippen molar-refractivity contribution in [2.24, 2.45) is 0 Å². The number of thiazole rings is 1. The minimum atomic E-state index is -0.482. The van der Waals surface area contributed by atoms with E-state index in [4.69, 9.17) is 16.3 Å². The van der Waals surface area contributed by atoms with E-state index in [1.54, 1.807) is 25.1 Å². The Labute approximate surface area is 181 Å². The molecular formula is C22H16ClN3O3S. The molecule has 0 radical (unpaired) electrons. The van der Waals surface area contributed by atoms with Crippen LogP contribution in [0.15, 0.2) is 54.6 Å². The number of aromatic nitrogens is 2. The average molecular weight is 438 g/mol. The van der Waals surface area contributed by atoms with Gasteiger partial charge in [0, 0.05) is 16.0 Å². The molecule has 1 N–H and O–H groups in total. The first-order valence-corrected chi connectivity index (χ1v) is 10.2. The number of fused-ring (bicyclic) bond motifs is 1. The summed E-state index contributed by atoms with van der Waals surface area (Å²) in [5, 5.41) is 4.46. The molecule has 0 spiro atoms. The highest BCUT2D eigenvalue weighted by atomic mass is 35.5. The summed E-state index contributed by atoms with van der Waals surface area (Å²) in [6.45, 7) is 1.69. The second-order valence-electron chi connectivity index (χ2n) is 6.46. The number of benzene rings is 2. The highest BCUT2D eigenvalue weighted by molar-refractivity contribution is 7.17. The molecule has 4 rings (SSSR count). The molecule has 0 unspecified atom stereocenters. The number of esters is 1. The molecule has 150 valence electrons. The van der Waals surface area contributed by atoms with E-state index in [0.29, 0.717) is 42.9 Å². The Balaban J connectivity index is 1.75. The predicted molar refractivity (Wildman–Crippen MR) is 118 cm³/mol. The third-order valence-corrected chi connectivity index (χ3v) is 5.79. The zero-order chi connectivity index (χ0) is 21.3. The molecule has 2 aromatic carbocycles. The summed E-state index contributed by atoms with van der Waals surface area (Å²) in [4.78, 5) is 34.2. The topological polar surface area (TPSA) is 81.2 Å². The fourth-order valence-electron chi connectivity index (χ4n) is 3.03. The van der Waals surface area contributed by atoms with E-state index < -0.39 is 5.97 Å². The van der Waals surface area contributed by atoms with Gasteiger partial charge < -0.3 is 4.74 Å². The van der Waals surface area contributed by atoms with Crippen molar-refractivity contribution in [2.75, 3.05) is 12.4 Å². The van der Waals surface area contributed by atoms with Crippen molar-refractivity contribution in [3.05, 3.63) is 75.8 Å². The first-order chi connectivity index (χ1) is 14.5. The number of para-hydroxylation sites is 1. The van der Waals surface area contributed by atoms with Gasteiger partial charge in [0.15, 0.2) is 5.13 Å². The van der Waals surface area contributed by atoms with Crippen LogP contribution in [0.4, 0.5) is 5.13 Å². The molecule has 0 saturated heterocycles. The van der Waals surface area contributed by atoms with Gasteiger partial charge in [-0.1, -0.05) is 53.3 Å². The Kier molecular flexibility index (Phi) is 5.48. The number of rotatable bonds is 4. The van der Waals surface area contributed by atoms with Crippen molar-refractivity contribution in [2.45, 2.75) is 6.92 Å². The van der Waals surface area contributed by atoms with Crippen LogP contribution in [0.3, 0.4) is 0 Å². The van der Waals surface area contributed by atoms with E-state index in [1.807, 2.05) is 36.4 Å². The van der Waals surface area contributed by atoms with Crippen molar-refractivity contribution in [1.82, 2.24) is 9.97 Å². The fourth-order valence-corrected chi connectivity index (χ4v) is 4.03. The van der Waals surface area contributed by atoms with Gasteiger partial charge in [0.2, 0.25) is 0 Å². The van der Waals surface area contributed by atoms with Crippen molar-refractivity contribution < 1.29 is 14.3 Å². The first kappa shape index (κ1) is 20.0. The monoisotopic (exact) mass is 437 g/mol. The molecular weight excluding hydrogens is 422 g/mol. The van der Waals surface area contributed by atoms with Gasteiger partial charge in [-0.15, -0.1) is 0 Å². The highest BCUT2D eigenvalue weighted by Crippen LogP contribution is 2.28. The number of amides is 1. The lowest BCUT2D eigenvalue weighted by Gasteiger charge is -2.10. The van der Waals surface area contributed by atoms with Crippen molar-refractivity contribution in [3.63, 3.8) is 0 Å². The summed E-state index contributed by atoms with van der Waals surface area (Å²) in [6.07, 6.45) is 0. The van der Waals surface area contributed by atoms with Gasteiger partial charge in [-0.2, -0.15) is 0 Å². The minimum Gasteiger partial charge on any atom is -0.465 e. The van der Waals surface area contributed by atoms with E-state index in [-0.39, 0.29) is 5.91 Å². The third-order valence-electron chi connectivity index (χ3n) is 4.49. The first-order valence-electron chi connectivity index (χ1n) is 8.99. The van der Waals surface area contributed by atoms with Crippen molar-refractivity contribution in [3.8, 4) is 11.3 Å². The Bertz CT molecular complexity index is 1270. The second kappa shape index (κ2) is 8.22. The molecule has 1 amide bonds.